The number of fused-ring (bicyclic) bond motifs is 1. The fraction of sp³-hybridized carbons (Fsp3) is 0.323. The Bertz CT molecular complexity index is 1590. The van der Waals surface area contributed by atoms with Gasteiger partial charge in [0.05, 0.1) is 5.35 Å². The number of nitrogens with zero attached hydrogens (tertiary/aromatic N) is 3. The summed E-state index contributed by atoms with van der Waals surface area (Å²) in [6, 6.07) is 7.21. The number of aromatic nitrogens is 2. The number of hydrogen-bond donors (Lipinski definition) is 6. The third kappa shape index (κ3) is 7.91. The predicted octanol–water partition coefficient (Wildman–Crippen LogP) is 4.07. The van der Waals surface area contributed by atoms with E-state index in [1.807, 2.05) is 39.8 Å². The molecular weight excluding hydrogens is 514 g/mol. The maximum atomic E-state index is 12.5. The average molecular weight is 558 g/mol. The van der Waals surface area contributed by atoms with Gasteiger partial charge in [-0.3, -0.25) is 9.79 Å². The molecule has 4 rings (SSSR count). The Balaban J connectivity index is 0.000000902. The highest BCUT2D eigenvalue weighted by atomic mass is 16.1. The van der Waals surface area contributed by atoms with Crippen molar-refractivity contribution in [2.45, 2.75) is 67.5 Å². The number of carbonyl (C=O) groups excluding carboxylic acids is 1. The summed E-state index contributed by atoms with van der Waals surface area (Å²) in [5.41, 5.74) is 16.4. The average Bonchev–Trinajstić information content (AvgIpc) is 3.28. The minimum Gasteiger partial charge on any atom is -0.398 e. The normalized spacial score (nSPS) is 15.0. The molecule has 1 aliphatic heterocycles. The van der Waals surface area contributed by atoms with Crippen LogP contribution >= 0.6 is 0 Å². The molecule has 41 heavy (non-hydrogen) atoms. The molecule has 1 unspecified atom stereocenters. The standard InChI is InChI=1S/C25H27N9O.C4H10.C2H6/c1-12-5-6-16(25(31-12)34-20-11-29-10-13(2)30-20)15(4)32-23(24(28)35)22-14(3)21-17(9-26)18(27)7-8-19(21)33-22;1-3-4-2;1-2/h5-11,20,26,30,33H,3,27H2,1-2,4H3,(H2,28,35)(H,31,34);3-4H2,1-2H3;1-2H3/b23-22+,26-9?,32-15?;;. The van der Waals surface area contributed by atoms with E-state index in [4.69, 9.17) is 16.9 Å². The largest absolute Gasteiger partial charge is 0.398 e. The first kappa shape index (κ1) is 32.5. The number of nitrogens with one attached hydrogen (secondary N) is 4. The van der Waals surface area contributed by atoms with Crippen molar-refractivity contribution in [1.29, 1.82) is 5.41 Å². The molecule has 0 saturated carbocycles. The number of rotatable bonds is 7. The van der Waals surface area contributed by atoms with E-state index in [0.29, 0.717) is 49.8 Å². The van der Waals surface area contributed by atoms with E-state index in [1.165, 1.54) is 12.8 Å². The van der Waals surface area contributed by atoms with Gasteiger partial charge in [0.25, 0.3) is 5.91 Å². The lowest BCUT2D eigenvalue weighted by Crippen LogP contribution is -2.38. The van der Waals surface area contributed by atoms with Crippen LogP contribution in [0.15, 0.2) is 46.1 Å². The molecule has 1 atom stereocenters. The first-order valence-electron chi connectivity index (χ1n) is 13.8. The van der Waals surface area contributed by atoms with Crippen molar-refractivity contribution in [2.75, 3.05) is 11.1 Å². The molecule has 0 fully saturated rings. The Hall–Kier alpha value is -4.73. The number of benzene rings is 1. The van der Waals surface area contributed by atoms with E-state index < -0.39 is 5.91 Å². The highest BCUT2D eigenvalue weighted by Gasteiger charge is 2.17. The Kier molecular flexibility index (Phi) is 12.0. The highest BCUT2D eigenvalue weighted by molar-refractivity contribution is 6.17. The fourth-order valence-corrected chi connectivity index (χ4v) is 3.96. The lowest BCUT2D eigenvalue weighted by Gasteiger charge is -2.22. The second kappa shape index (κ2) is 15.2. The third-order valence-corrected chi connectivity index (χ3v) is 6.14. The molecule has 1 aliphatic rings. The van der Waals surface area contributed by atoms with Crippen LogP contribution in [0.1, 0.15) is 71.2 Å². The van der Waals surface area contributed by atoms with E-state index >= 15 is 0 Å². The predicted molar refractivity (Wildman–Crippen MR) is 174 cm³/mol. The number of carbonyl (C=O) groups is 1. The first-order valence-corrected chi connectivity index (χ1v) is 13.8. The monoisotopic (exact) mass is 557 g/mol. The Labute approximate surface area is 242 Å². The molecular formula is C31H43N9O. The number of allylic oxidation sites excluding steroid dienone is 1. The van der Waals surface area contributed by atoms with Crippen LogP contribution in [0.5, 0.6) is 0 Å². The molecule has 218 valence electrons. The molecule has 1 amide bonds. The van der Waals surface area contributed by atoms with Crippen molar-refractivity contribution in [1.82, 2.24) is 15.3 Å². The van der Waals surface area contributed by atoms with Crippen molar-refractivity contribution in [3.8, 4) is 0 Å². The zero-order chi connectivity index (χ0) is 30.7. The van der Waals surface area contributed by atoms with Gasteiger partial charge in [-0.15, -0.1) is 0 Å². The number of aryl methyl sites for hydroxylation is 1. The SMILES string of the molecule is C=c1/c(=C(\N=C(C)c2ccc(C)nc2NC2C=NC=C(C)N2)C(N)=O)[nH]c2ccc(N)c(C=N)c12.CC.CCCC. The van der Waals surface area contributed by atoms with Gasteiger partial charge in [-0.2, -0.15) is 0 Å². The van der Waals surface area contributed by atoms with E-state index in [2.05, 4.69) is 51.0 Å². The molecule has 0 saturated heterocycles. The zero-order valence-corrected chi connectivity index (χ0v) is 25.1. The van der Waals surface area contributed by atoms with Crippen LogP contribution in [-0.4, -0.2) is 40.2 Å². The summed E-state index contributed by atoms with van der Waals surface area (Å²) in [5.74, 6) is -0.138. The van der Waals surface area contributed by atoms with Gasteiger partial charge in [0.2, 0.25) is 0 Å². The number of aliphatic imine (C=N–C) groups is 2. The molecule has 10 nitrogen and oxygen atoms in total. The topological polar surface area (TPSA) is 170 Å². The first-order chi connectivity index (χ1) is 19.6. The van der Waals surface area contributed by atoms with Crippen LogP contribution in [0.3, 0.4) is 0 Å². The second-order valence-corrected chi connectivity index (χ2v) is 9.25. The maximum Gasteiger partial charge on any atom is 0.269 e. The van der Waals surface area contributed by atoms with Crippen LogP contribution in [0.2, 0.25) is 0 Å². The number of pyridine rings is 1. The molecule has 0 aliphatic carbocycles. The van der Waals surface area contributed by atoms with E-state index in [0.717, 1.165) is 17.6 Å². The van der Waals surface area contributed by atoms with E-state index in [-0.39, 0.29) is 11.9 Å². The van der Waals surface area contributed by atoms with Gasteiger partial charge < -0.3 is 32.5 Å². The number of aromatic amines is 1. The summed E-state index contributed by atoms with van der Waals surface area (Å²) in [5, 5.41) is 15.8. The molecule has 0 radical (unpaired) electrons. The number of amides is 1. The lowest BCUT2D eigenvalue weighted by atomic mass is 10.1. The van der Waals surface area contributed by atoms with Gasteiger partial charge in [-0.05, 0) is 45.0 Å². The highest BCUT2D eigenvalue weighted by Crippen LogP contribution is 2.19. The van der Waals surface area contributed by atoms with Crippen LogP contribution in [0.25, 0.3) is 23.2 Å². The number of anilines is 2. The van der Waals surface area contributed by atoms with Crippen molar-refractivity contribution in [2.24, 2.45) is 15.7 Å². The third-order valence-electron chi connectivity index (χ3n) is 6.14. The second-order valence-electron chi connectivity index (χ2n) is 9.25. The number of nitrogens with two attached hydrogens (primary N) is 2. The minimum absolute atomic E-state index is 0.0147. The lowest BCUT2D eigenvalue weighted by molar-refractivity contribution is -0.113. The Morgan fingerprint density at radius 3 is 2.46 bits per heavy atom. The molecule has 10 heteroatoms. The smallest absolute Gasteiger partial charge is 0.269 e. The van der Waals surface area contributed by atoms with Gasteiger partial charge in [-0.25, -0.2) is 9.98 Å². The number of primary amides is 1. The van der Waals surface area contributed by atoms with Crippen molar-refractivity contribution < 1.29 is 4.79 Å². The number of hydrogen-bond acceptors (Lipinski definition) is 8. The number of unbranched alkanes of at least 4 members (excludes halogenated alkanes) is 1. The van der Waals surface area contributed by atoms with Gasteiger partial charge in [0, 0.05) is 68.7 Å². The Morgan fingerprint density at radius 1 is 1.20 bits per heavy atom. The molecule has 0 bridgehead atoms. The van der Waals surface area contributed by atoms with Crippen LogP contribution in [-0.2, 0) is 4.79 Å². The van der Waals surface area contributed by atoms with Gasteiger partial charge >= 0.3 is 0 Å². The summed E-state index contributed by atoms with van der Waals surface area (Å²) in [6.07, 6.45) is 7.02. The summed E-state index contributed by atoms with van der Waals surface area (Å²) < 4.78 is 0. The molecule has 2 aromatic heterocycles. The van der Waals surface area contributed by atoms with Crippen LogP contribution < -0.4 is 32.7 Å². The maximum absolute atomic E-state index is 12.5. The van der Waals surface area contributed by atoms with Gasteiger partial charge in [0.15, 0.2) is 5.70 Å². The Morgan fingerprint density at radius 2 is 1.88 bits per heavy atom. The molecule has 8 N–H and O–H groups in total. The zero-order valence-electron chi connectivity index (χ0n) is 25.1. The van der Waals surface area contributed by atoms with Gasteiger partial charge in [0.1, 0.15) is 12.0 Å². The number of nitrogen functional groups attached to an aromatic ring is 1. The minimum atomic E-state index is -0.721. The van der Waals surface area contributed by atoms with Gasteiger partial charge in [-0.1, -0.05) is 47.1 Å². The van der Waals surface area contributed by atoms with Crippen molar-refractivity contribution in [3.63, 3.8) is 0 Å². The summed E-state index contributed by atoms with van der Waals surface area (Å²) >= 11 is 0. The molecule has 3 heterocycles. The summed E-state index contributed by atoms with van der Waals surface area (Å²) in [6.45, 7) is 18.1. The summed E-state index contributed by atoms with van der Waals surface area (Å²) in [4.78, 5) is 29.1. The summed E-state index contributed by atoms with van der Waals surface area (Å²) in [7, 11) is 0. The van der Waals surface area contributed by atoms with E-state index in [9.17, 15) is 4.79 Å². The van der Waals surface area contributed by atoms with Crippen molar-refractivity contribution in [3.05, 3.63) is 63.6 Å². The molecule has 0 spiro atoms. The quantitative estimate of drug-likeness (QED) is 0.190. The van der Waals surface area contributed by atoms with Crippen molar-refractivity contribution >= 4 is 58.7 Å². The van der Waals surface area contributed by atoms with E-state index in [1.54, 1.807) is 31.5 Å². The molecule has 1 aromatic carbocycles. The fourth-order valence-electron chi connectivity index (χ4n) is 3.96. The molecule has 3 aromatic rings. The van der Waals surface area contributed by atoms with Crippen LogP contribution in [0.4, 0.5) is 11.5 Å². The number of H-pyrrole nitrogens is 1. The van der Waals surface area contributed by atoms with Crippen LogP contribution in [0, 0.1) is 12.3 Å².